The zero-order chi connectivity index (χ0) is 23.5. The number of hydrogen-bond acceptors (Lipinski definition) is 8. The second-order valence-corrected chi connectivity index (χ2v) is 8.60. The van der Waals surface area contributed by atoms with Gasteiger partial charge in [0, 0.05) is 18.7 Å². The predicted octanol–water partition coefficient (Wildman–Crippen LogP) is 0.785. The second kappa shape index (κ2) is 9.62. The number of carboxylic acids is 1. The Morgan fingerprint density at radius 3 is 2.55 bits per heavy atom. The molecule has 1 aliphatic heterocycles. The SMILES string of the molecule is COc1ccc(C(=O)N/N=C/[C@@](C)([C@H](C(=O)O)N2C(=O)C[C@H]2C)S(=O)[O-])c(Cl)c1OC. The Balaban J connectivity index is 2.31. The van der Waals surface area contributed by atoms with E-state index in [-0.39, 0.29) is 22.8 Å². The average Bonchev–Trinajstić information content (AvgIpc) is 2.70. The first-order valence-corrected chi connectivity index (χ1v) is 10.3. The molecule has 11 nitrogen and oxygen atoms in total. The molecule has 1 aliphatic rings. The topological polar surface area (TPSA) is 158 Å². The van der Waals surface area contributed by atoms with Crippen LogP contribution in [0.4, 0.5) is 0 Å². The number of nitrogens with zero attached hydrogens (tertiary/aromatic N) is 2. The molecule has 0 saturated carbocycles. The maximum Gasteiger partial charge on any atom is 0.328 e. The van der Waals surface area contributed by atoms with Gasteiger partial charge in [-0.3, -0.25) is 13.8 Å². The van der Waals surface area contributed by atoms with Crippen LogP contribution in [-0.4, -0.2) is 73.8 Å². The number of rotatable bonds is 9. The van der Waals surface area contributed by atoms with E-state index in [4.69, 9.17) is 21.1 Å². The molecule has 4 atom stereocenters. The summed E-state index contributed by atoms with van der Waals surface area (Å²) < 4.78 is 31.9. The van der Waals surface area contributed by atoms with Crippen molar-refractivity contribution in [3.05, 3.63) is 22.7 Å². The zero-order valence-electron chi connectivity index (χ0n) is 17.1. The molecule has 13 heteroatoms. The van der Waals surface area contributed by atoms with Crippen molar-refractivity contribution >= 4 is 46.7 Å². The van der Waals surface area contributed by atoms with Crippen LogP contribution in [0.5, 0.6) is 11.5 Å². The van der Waals surface area contributed by atoms with E-state index in [1.807, 2.05) is 0 Å². The van der Waals surface area contributed by atoms with E-state index in [1.165, 1.54) is 26.4 Å². The number of methoxy groups -OCH3 is 2. The fourth-order valence-corrected chi connectivity index (χ4v) is 4.03. The fraction of sp³-hybridized carbons (Fsp3) is 0.444. The highest BCUT2D eigenvalue weighted by atomic mass is 35.5. The molecule has 1 aromatic carbocycles. The van der Waals surface area contributed by atoms with Gasteiger partial charge in [-0.1, -0.05) is 11.6 Å². The van der Waals surface area contributed by atoms with E-state index in [0.29, 0.717) is 5.75 Å². The molecular formula is C18H21ClN3O8S-. The molecule has 1 heterocycles. The van der Waals surface area contributed by atoms with E-state index in [1.54, 1.807) is 6.92 Å². The molecule has 2 rings (SSSR count). The molecule has 31 heavy (non-hydrogen) atoms. The first-order chi connectivity index (χ1) is 14.5. The van der Waals surface area contributed by atoms with Crippen LogP contribution in [0.3, 0.4) is 0 Å². The van der Waals surface area contributed by atoms with Crippen molar-refractivity contribution < 1.29 is 37.7 Å². The Bertz CT molecular complexity index is 956. The van der Waals surface area contributed by atoms with Gasteiger partial charge in [0.1, 0.15) is 0 Å². The number of hydrogen-bond donors (Lipinski definition) is 2. The Labute approximate surface area is 185 Å². The third-order valence-corrected chi connectivity index (χ3v) is 6.29. The zero-order valence-corrected chi connectivity index (χ0v) is 18.7. The van der Waals surface area contributed by atoms with Crippen molar-refractivity contribution in [3.8, 4) is 11.5 Å². The molecule has 2 N–H and O–H groups in total. The molecule has 0 aliphatic carbocycles. The number of halogens is 1. The lowest BCUT2D eigenvalue weighted by Gasteiger charge is -2.48. The standard InChI is InChI=1S/C18H22ClN3O8S/c1-9-7-12(23)22(9)15(17(25)26)18(2,31(27)28)8-20-21-16(24)10-5-6-11(29-3)14(30-4)13(10)19/h5-6,8-9,15H,7H2,1-4H3,(H,21,24)(H,25,26)(H,27,28)/p-1/b20-8+/t9-,15+,18+/m1/s1. The monoisotopic (exact) mass is 474 g/mol. The molecule has 2 amide bonds. The minimum atomic E-state index is -3.00. The molecule has 1 unspecified atom stereocenters. The maximum atomic E-state index is 12.5. The summed E-state index contributed by atoms with van der Waals surface area (Å²) in [6, 6.07) is 0.606. The van der Waals surface area contributed by atoms with Crippen molar-refractivity contribution in [3.63, 3.8) is 0 Å². The van der Waals surface area contributed by atoms with Crippen molar-refractivity contribution in [2.75, 3.05) is 14.2 Å². The normalized spacial score (nSPS) is 19.9. The second-order valence-electron chi connectivity index (χ2n) is 6.88. The van der Waals surface area contributed by atoms with Gasteiger partial charge < -0.3 is 24.0 Å². The molecular weight excluding hydrogens is 454 g/mol. The fourth-order valence-electron chi connectivity index (χ4n) is 3.18. The van der Waals surface area contributed by atoms with Crippen LogP contribution >= 0.6 is 11.6 Å². The number of benzene rings is 1. The maximum absolute atomic E-state index is 12.5. The highest BCUT2D eigenvalue weighted by Gasteiger charge is 2.51. The number of carboxylic acid groups (broad SMARTS) is 1. The van der Waals surface area contributed by atoms with Crippen LogP contribution in [0.2, 0.25) is 5.02 Å². The van der Waals surface area contributed by atoms with E-state index >= 15 is 0 Å². The number of aliphatic carboxylic acids is 1. The van der Waals surface area contributed by atoms with Crippen molar-refractivity contribution in [1.82, 2.24) is 10.3 Å². The number of carbonyl (C=O) groups is 3. The van der Waals surface area contributed by atoms with Gasteiger partial charge in [0.15, 0.2) is 17.5 Å². The van der Waals surface area contributed by atoms with Crippen molar-refractivity contribution in [2.24, 2.45) is 5.10 Å². The van der Waals surface area contributed by atoms with E-state index < -0.39 is 45.7 Å². The van der Waals surface area contributed by atoms with Crippen LogP contribution in [0.15, 0.2) is 17.2 Å². The summed E-state index contributed by atoms with van der Waals surface area (Å²) in [7, 11) is 2.73. The number of carbonyl (C=O) groups excluding carboxylic acids is 2. The van der Waals surface area contributed by atoms with E-state index in [0.717, 1.165) is 18.0 Å². The summed E-state index contributed by atoms with van der Waals surface area (Å²) in [5, 5.41) is 13.2. The van der Waals surface area contributed by atoms with Gasteiger partial charge in [-0.15, -0.1) is 0 Å². The minimum Gasteiger partial charge on any atom is -0.772 e. The predicted molar refractivity (Wildman–Crippen MR) is 110 cm³/mol. The van der Waals surface area contributed by atoms with Gasteiger partial charge in [0.25, 0.3) is 5.91 Å². The average molecular weight is 475 g/mol. The van der Waals surface area contributed by atoms with Gasteiger partial charge in [-0.2, -0.15) is 5.10 Å². The molecule has 1 aromatic rings. The largest absolute Gasteiger partial charge is 0.772 e. The van der Waals surface area contributed by atoms with Gasteiger partial charge in [-0.25, -0.2) is 10.2 Å². The minimum absolute atomic E-state index is 0.0391. The summed E-state index contributed by atoms with van der Waals surface area (Å²) in [6.07, 6.45) is 0.872. The summed E-state index contributed by atoms with van der Waals surface area (Å²) in [5.74, 6) is -2.41. The Morgan fingerprint density at radius 1 is 1.45 bits per heavy atom. The van der Waals surface area contributed by atoms with Crippen molar-refractivity contribution in [1.29, 1.82) is 0 Å². The smallest absolute Gasteiger partial charge is 0.328 e. The number of amides is 2. The number of likely N-dealkylation sites (tertiary alicyclic amines) is 1. The molecule has 0 aromatic heterocycles. The molecule has 0 spiro atoms. The summed E-state index contributed by atoms with van der Waals surface area (Å²) >= 11 is 3.16. The third-order valence-electron chi connectivity index (χ3n) is 4.86. The Hall–Kier alpha value is -2.70. The van der Waals surface area contributed by atoms with Gasteiger partial charge in [-0.05, 0) is 37.1 Å². The summed E-state index contributed by atoms with van der Waals surface area (Å²) in [5.41, 5.74) is 2.07. The van der Waals surface area contributed by atoms with Crippen LogP contribution in [0, 0.1) is 0 Å². The van der Waals surface area contributed by atoms with Crippen molar-refractivity contribution in [2.45, 2.75) is 37.1 Å². The first-order valence-electron chi connectivity index (χ1n) is 8.87. The van der Waals surface area contributed by atoms with E-state index in [2.05, 4.69) is 10.5 Å². The van der Waals surface area contributed by atoms with Crippen LogP contribution < -0.4 is 14.9 Å². The van der Waals surface area contributed by atoms with Crippen LogP contribution in [-0.2, 0) is 20.7 Å². The summed E-state index contributed by atoms with van der Waals surface area (Å²) in [4.78, 5) is 37.1. The molecule has 1 saturated heterocycles. The van der Waals surface area contributed by atoms with Crippen LogP contribution in [0.25, 0.3) is 0 Å². The number of hydrazone groups is 1. The quantitative estimate of drug-likeness (QED) is 0.230. The first kappa shape index (κ1) is 24.6. The number of ether oxygens (including phenoxy) is 2. The summed E-state index contributed by atoms with van der Waals surface area (Å²) in [6.45, 7) is 2.69. The Morgan fingerprint density at radius 2 is 2.10 bits per heavy atom. The van der Waals surface area contributed by atoms with Crippen LogP contribution in [0.1, 0.15) is 30.6 Å². The molecule has 0 radical (unpaired) electrons. The third kappa shape index (κ3) is 4.65. The lowest BCUT2D eigenvalue weighted by molar-refractivity contribution is -0.161. The molecule has 1 fully saturated rings. The Kier molecular flexibility index (Phi) is 7.63. The van der Waals surface area contributed by atoms with Gasteiger partial charge >= 0.3 is 5.97 Å². The molecule has 0 bridgehead atoms. The highest BCUT2D eigenvalue weighted by molar-refractivity contribution is 7.81. The molecule has 170 valence electrons. The number of β-lactam (4-membered cyclic amide) rings is 1. The van der Waals surface area contributed by atoms with Gasteiger partial charge in [0.05, 0.1) is 29.6 Å². The van der Waals surface area contributed by atoms with Gasteiger partial charge in [0.2, 0.25) is 5.91 Å². The lowest BCUT2D eigenvalue weighted by atomic mass is 9.92. The highest BCUT2D eigenvalue weighted by Crippen LogP contribution is 2.37. The number of nitrogens with one attached hydrogen (secondary N) is 1. The lowest BCUT2D eigenvalue weighted by Crippen LogP contribution is -2.67. The van der Waals surface area contributed by atoms with E-state index in [9.17, 15) is 28.3 Å².